The lowest BCUT2D eigenvalue weighted by Crippen LogP contribution is -2.37. The van der Waals surface area contributed by atoms with E-state index in [2.05, 4.69) is 20.1 Å². The molecule has 0 spiro atoms. The third-order valence-corrected chi connectivity index (χ3v) is 4.87. The van der Waals surface area contributed by atoms with Crippen LogP contribution < -0.4 is 10.0 Å². The zero-order valence-electron chi connectivity index (χ0n) is 13.0. The van der Waals surface area contributed by atoms with Crippen molar-refractivity contribution in [1.29, 1.82) is 0 Å². The largest absolute Gasteiger partial charge is 0.350 e. The highest BCUT2D eigenvalue weighted by atomic mass is 32.2. The van der Waals surface area contributed by atoms with Crippen molar-refractivity contribution in [2.75, 3.05) is 6.54 Å². The first-order valence-corrected chi connectivity index (χ1v) is 8.87. The zero-order valence-corrected chi connectivity index (χ0v) is 13.8. The van der Waals surface area contributed by atoms with Crippen molar-refractivity contribution in [2.45, 2.75) is 24.4 Å². The first-order valence-electron chi connectivity index (χ1n) is 7.39. The smallest absolute Gasteiger partial charge is 0.263 e. The fraction of sp³-hybridized carbons (Fsp3) is 0.267. The molecule has 126 valence electrons. The maximum absolute atomic E-state index is 12.0. The summed E-state index contributed by atoms with van der Waals surface area (Å²) in [6.45, 7) is 2.25. The van der Waals surface area contributed by atoms with E-state index in [4.69, 9.17) is 0 Å². The van der Waals surface area contributed by atoms with Crippen LogP contribution in [-0.4, -0.2) is 42.5 Å². The molecule has 1 aliphatic heterocycles. The number of rotatable bonds is 5. The van der Waals surface area contributed by atoms with E-state index in [0.29, 0.717) is 12.1 Å². The van der Waals surface area contributed by atoms with E-state index >= 15 is 0 Å². The predicted molar refractivity (Wildman–Crippen MR) is 88.0 cm³/mol. The number of aliphatic imine (C=N–C) groups is 1. The summed E-state index contributed by atoms with van der Waals surface area (Å²) in [4.78, 5) is 16.3. The molecular weight excluding hydrogens is 330 g/mol. The Labute approximate surface area is 139 Å². The van der Waals surface area contributed by atoms with Gasteiger partial charge < -0.3 is 5.32 Å². The van der Waals surface area contributed by atoms with Gasteiger partial charge in [-0.05, 0) is 25.1 Å². The molecule has 0 radical (unpaired) electrons. The summed E-state index contributed by atoms with van der Waals surface area (Å²) >= 11 is 0. The van der Waals surface area contributed by atoms with E-state index in [0.717, 1.165) is 0 Å². The minimum absolute atomic E-state index is 0.120. The molecule has 0 saturated heterocycles. The third kappa shape index (κ3) is 3.46. The summed E-state index contributed by atoms with van der Waals surface area (Å²) < 4.78 is 28.0. The predicted octanol–water partition coefficient (Wildman–Crippen LogP) is 0.127. The van der Waals surface area contributed by atoms with E-state index in [1.807, 2.05) is 19.2 Å². The Kier molecular flexibility index (Phi) is 4.34. The molecule has 0 saturated carbocycles. The van der Waals surface area contributed by atoms with Crippen molar-refractivity contribution in [1.82, 2.24) is 19.8 Å². The molecule has 0 bridgehead atoms. The van der Waals surface area contributed by atoms with Crippen LogP contribution in [0.1, 0.15) is 12.5 Å². The number of benzene rings is 1. The summed E-state index contributed by atoms with van der Waals surface area (Å²) in [5.74, 6) is -0.0915. The fourth-order valence-electron chi connectivity index (χ4n) is 2.46. The van der Waals surface area contributed by atoms with Crippen LogP contribution in [0.5, 0.6) is 0 Å². The first-order chi connectivity index (χ1) is 11.5. The quantitative estimate of drug-likeness (QED) is 0.802. The number of sulfonamides is 1. The molecule has 1 aromatic carbocycles. The minimum atomic E-state index is -3.58. The van der Waals surface area contributed by atoms with Crippen LogP contribution in [0.4, 0.5) is 0 Å². The number of hydrogen-bond acceptors (Lipinski definition) is 5. The summed E-state index contributed by atoms with van der Waals surface area (Å²) in [6.07, 6.45) is 3.48. The second-order valence-corrected chi connectivity index (χ2v) is 7.11. The molecule has 0 unspecified atom stereocenters. The van der Waals surface area contributed by atoms with Crippen molar-refractivity contribution in [2.24, 2.45) is 4.99 Å². The van der Waals surface area contributed by atoms with Gasteiger partial charge in [-0.2, -0.15) is 5.10 Å². The van der Waals surface area contributed by atoms with Crippen LogP contribution in [0.25, 0.3) is 0 Å². The van der Waals surface area contributed by atoms with Gasteiger partial charge in [-0.25, -0.2) is 8.42 Å². The Bertz CT molecular complexity index is 874. The van der Waals surface area contributed by atoms with Crippen molar-refractivity contribution in [3.63, 3.8) is 0 Å². The van der Waals surface area contributed by atoms with Crippen molar-refractivity contribution in [3.8, 4) is 0 Å². The van der Waals surface area contributed by atoms with Crippen LogP contribution in [0.2, 0.25) is 0 Å². The number of nitrogens with zero attached hydrogens (tertiary/aromatic N) is 3. The van der Waals surface area contributed by atoms with Crippen LogP contribution in [-0.2, 0) is 21.4 Å². The van der Waals surface area contributed by atoms with Crippen LogP contribution in [0.15, 0.2) is 52.6 Å². The molecule has 1 aromatic heterocycles. The molecule has 1 amide bonds. The number of hydrogen-bond donors (Lipinski definition) is 2. The van der Waals surface area contributed by atoms with Crippen molar-refractivity contribution >= 4 is 21.8 Å². The average molecular weight is 347 g/mol. The number of aromatic nitrogens is 2. The third-order valence-electron chi connectivity index (χ3n) is 3.47. The molecule has 2 aromatic rings. The monoisotopic (exact) mass is 347 g/mol. The van der Waals surface area contributed by atoms with Gasteiger partial charge in [0.05, 0.1) is 11.4 Å². The lowest BCUT2D eigenvalue weighted by Gasteiger charge is -2.13. The highest BCUT2D eigenvalue weighted by molar-refractivity contribution is 7.90. The van der Waals surface area contributed by atoms with Gasteiger partial charge in [0, 0.05) is 24.0 Å². The molecule has 2 N–H and O–H groups in total. The molecule has 24 heavy (non-hydrogen) atoms. The van der Waals surface area contributed by atoms with Crippen LogP contribution >= 0.6 is 0 Å². The van der Waals surface area contributed by atoms with Gasteiger partial charge in [0.15, 0.2) is 0 Å². The second-order valence-electron chi connectivity index (χ2n) is 5.46. The molecule has 1 atom stereocenters. The Hall–Kier alpha value is -2.68. The number of carbonyl (C=O) groups is 1. The van der Waals surface area contributed by atoms with E-state index in [9.17, 15) is 13.2 Å². The molecule has 1 aliphatic rings. The highest BCUT2D eigenvalue weighted by Gasteiger charge is 2.30. The first kappa shape index (κ1) is 16.2. The molecule has 0 aliphatic carbocycles. The van der Waals surface area contributed by atoms with E-state index in [1.165, 1.54) is 6.07 Å². The van der Waals surface area contributed by atoms with Gasteiger partial charge in [0.25, 0.3) is 10.0 Å². The Morgan fingerprint density at radius 3 is 2.92 bits per heavy atom. The van der Waals surface area contributed by atoms with Gasteiger partial charge in [-0.3, -0.25) is 19.2 Å². The second kappa shape index (κ2) is 6.44. The Balaban J connectivity index is 1.63. The number of nitrogens with one attached hydrogen (secondary N) is 2. The van der Waals surface area contributed by atoms with Gasteiger partial charge >= 0.3 is 0 Å². The fourth-order valence-corrected chi connectivity index (χ4v) is 3.71. The molecular formula is C15H17N5O3S. The van der Waals surface area contributed by atoms with Crippen molar-refractivity contribution < 1.29 is 13.2 Å². The molecule has 0 fully saturated rings. The molecule has 9 heteroatoms. The summed E-state index contributed by atoms with van der Waals surface area (Å²) in [6, 6.07) is 8.22. The number of carbonyl (C=O) groups excluding carboxylic acids is 1. The van der Waals surface area contributed by atoms with Gasteiger partial charge in [0.2, 0.25) is 5.91 Å². The Morgan fingerprint density at radius 1 is 1.38 bits per heavy atom. The average Bonchev–Trinajstić information content (AvgIpc) is 3.12. The molecule has 2 heterocycles. The Morgan fingerprint density at radius 2 is 2.17 bits per heavy atom. The van der Waals surface area contributed by atoms with Crippen LogP contribution in [0, 0.1) is 0 Å². The van der Waals surface area contributed by atoms with Gasteiger partial charge in [-0.1, -0.05) is 12.1 Å². The summed E-state index contributed by atoms with van der Waals surface area (Å²) in [7, 11) is -3.58. The molecule has 8 nitrogen and oxygen atoms in total. The number of amides is 1. The van der Waals surface area contributed by atoms with E-state index in [1.54, 1.807) is 29.1 Å². The lowest BCUT2D eigenvalue weighted by molar-refractivity contribution is -0.120. The minimum Gasteiger partial charge on any atom is -0.350 e. The van der Waals surface area contributed by atoms with Crippen LogP contribution in [0.3, 0.4) is 0 Å². The maximum atomic E-state index is 12.0. The number of fused-ring (bicyclic) bond motifs is 1. The highest BCUT2D eigenvalue weighted by Crippen LogP contribution is 2.21. The standard InChI is InChI=1S/C15H17N5O3S/c1-11(10-20-8-4-7-17-20)18-14(21)9-16-15-12-5-2-3-6-13(12)24(22,23)19-15/h2-8,11H,9-10H2,1H3,(H,16,19)(H,18,21)/t11-/m0/s1. The topological polar surface area (TPSA) is 105 Å². The molecule has 3 rings (SSSR count). The van der Waals surface area contributed by atoms with Gasteiger partial charge in [-0.15, -0.1) is 0 Å². The zero-order chi connectivity index (χ0) is 17.2. The maximum Gasteiger partial charge on any atom is 0.263 e. The SMILES string of the molecule is C[C@@H](Cn1cccn1)NC(=O)CN=C1NS(=O)(=O)c2ccccc21. The van der Waals surface area contributed by atoms with Gasteiger partial charge in [0.1, 0.15) is 12.4 Å². The summed E-state index contributed by atoms with van der Waals surface area (Å²) in [5, 5.41) is 6.88. The summed E-state index contributed by atoms with van der Waals surface area (Å²) in [5.41, 5.74) is 0.481. The number of amidine groups is 1. The van der Waals surface area contributed by atoms with E-state index < -0.39 is 10.0 Å². The lowest BCUT2D eigenvalue weighted by atomic mass is 10.2. The normalized spacial score (nSPS) is 18.0. The van der Waals surface area contributed by atoms with E-state index in [-0.39, 0.29) is 29.2 Å². The van der Waals surface area contributed by atoms with Crippen molar-refractivity contribution in [3.05, 3.63) is 48.3 Å².